The van der Waals surface area contributed by atoms with Crippen LogP contribution < -0.4 is 4.74 Å². The molecule has 0 unspecified atom stereocenters. The third-order valence-corrected chi connectivity index (χ3v) is 3.19. The van der Waals surface area contributed by atoms with Crippen molar-refractivity contribution in [1.82, 2.24) is 0 Å². The highest BCUT2D eigenvalue weighted by Crippen LogP contribution is 2.48. The summed E-state index contributed by atoms with van der Waals surface area (Å²) in [5.41, 5.74) is 0.0952. The van der Waals surface area contributed by atoms with E-state index in [1.54, 1.807) is 12.1 Å². The lowest BCUT2D eigenvalue weighted by atomic mass is 10.1. The first-order valence-electron chi connectivity index (χ1n) is 4.95. The van der Waals surface area contributed by atoms with Gasteiger partial charge in [0.1, 0.15) is 0 Å². The molecule has 0 atom stereocenters. The van der Waals surface area contributed by atoms with Crippen molar-refractivity contribution in [3.8, 4) is 11.5 Å². The SMILES string of the molecule is CCOc1cc(C2(O)CC2)cc(Br)c1O. The van der Waals surface area contributed by atoms with Gasteiger partial charge in [-0.2, -0.15) is 0 Å². The van der Waals surface area contributed by atoms with Crippen LogP contribution in [0.2, 0.25) is 0 Å². The van der Waals surface area contributed by atoms with E-state index in [9.17, 15) is 10.2 Å². The van der Waals surface area contributed by atoms with E-state index in [-0.39, 0.29) is 5.75 Å². The summed E-state index contributed by atoms with van der Waals surface area (Å²) in [5.74, 6) is 0.507. The van der Waals surface area contributed by atoms with Crippen LogP contribution in [-0.2, 0) is 5.60 Å². The lowest BCUT2D eigenvalue weighted by Crippen LogP contribution is -2.05. The molecule has 3 nitrogen and oxygen atoms in total. The average molecular weight is 273 g/mol. The topological polar surface area (TPSA) is 49.7 Å². The van der Waals surface area contributed by atoms with Crippen LogP contribution in [0, 0.1) is 0 Å². The molecule has 4 heteroatoms. The summed E-state index contributed by atoms with van der Waals surface area (Å²) in [6.45, 7) is 2.34. The van der Waals surface area contributed by atoms with Crippen molar-refractivity contribution in [3.63, 3.8) is 0 Å². The minimum Gasteiger partial charge on any atom is -0.503 e. The molecule has 0 heterocycles. The Hall–Kier alpha value is -0.740. The lowest BCUT2D eigenvalue weighted by Gasteiger charge is -2.13. The van der Waals surface area contributed by atoms with Crippen molar-refractivity contribution in [2.75, 3.05) is 6.61 Å². The molecule has 2 N–H and O–H groups in total. The molecule has 1 saturated carbocycles. The van der Waals surface area contributed by atoms with E-state index in [1.165, 1.54) is 0 Å². The van der Waals surface area contributed by atoms with Gasteiger partial charge in [-0.05, 0) is 53.4 Å². The van der Waals surface area contributed by atoms with Crippen LogP contribution in [0.15, 0.2) is 16.6 Å². The highest BCUT2D eigenvalue weighted by molar-refractivity contribution is 9.10. The predicted octanol–water partition coefficient (Wildman–Crippen LogP) is 2.53. The van der Waals surface area contributed by atoms with Gasteiger partial charge in [0.05, 0.1) is 16.7 Å². The fourth-order valence-electron chi connectivity index (χ4n) is 1.52. The molecule has 0 aromatic heterocycles. The molecule has 82 valence electrons. The number of hydrogen-bond donors (Lipinski definition) is 2. The quantitative estimate of drug-likeness (QED) is 0.889. The molecular weight excluding hydrogens is 260 g/mol. The molecule has 0 radical (unpaired) electrons. The van der Waals surface area contributed by atoms with Crippen molar-refractivity contribution in [1.29, 1.82) is 0 Å². The molecule has 0 aliphatic heterocycles. The van der Waals surface area contributed by atoms with Gasteiger partial charge in [-0.15, -0.1) is 0 Å². The number of halogens is 1. The fraction of sp³-hybridized carbons (Fsp3) is 0.455. The van der Waals surface area contributed by atoms with E-state index < -0.39 is 5.60 Å². The zero-order chi connectivity index (χ0) is 11.1. The predicted molar refractivity (Wildman–Crippen MR) is 60.1 cm³/mol. The summed E-state index contributed by atoms with van der Waals surface area (Å²) >= 11 is 3.25. The molecule has 0 spiro atoms. The van der Waals surface area contributed by atoms with Crippen molar-refractivity contribution in [2.24, 2.45) is 0 Å². The van der Waals surface area contributed by atoms with Gasteiger partial charge in [-0.3, -0.25) is 0 Å². The second-order valence-corrected chi connectivity index (χ2v) is 4.62. The summed E-state index contributed by atoms with van der Waals surface area (Å²) in [5, 5.41) is 19.6. The Morgan fingerprint density at radius 2 is 2.13 bits per heavy atom. The monoisotopic (exact) mass is 272 g/mol. The summed E-state index contributed by atoms with van der Waals surface area (Å²) < 4.78 is 5.85. The molecule has 0 saturated heterocycles. The molecule has 15 heavy (non-hydrogen) atoms. The number of hydrogen-bond acceptors (Lipinski definition) is 3. The first-order chi connectivity index (χ1) is 7.07. The molecule has 1 aliphatic rings. The first-order valence-corrected chi connectivity index (χ1v) is 5.74. The summed E-state index contributed by atoms with van der Waals surface area (Å²) in [4.78, 5) is 0. The van der Waals surface area contributed by atoms with Crippen LogP contribution in [-0.4, -0.2) is 16.8 Å². The van der Waals surface area contributed by atoms with E-state index in [0.29, 0.717) is 16.8 Å². The molecule has 0 bridgehead atoms. The Morgan fingerprint density at radius 1 is 1.47 bits per heavy atom. The van der Waals surface area contributed by atoms with Crippen LogP contribution in [0.1, 0.15) is 25.3 Å². The Kier molecular flexibility index (Phi) is 2.64. The largest absolute Gasteiger partial charge is 0.503 e. The third-order valence-electron chi connectivity index (χ3n) is 2.59. The minimum atomic E-state index is -0.706. The number of aliphatic hydroxyl groups is 1. The summed E-state index contributed by atoms with van der Waals surface area (Å²) in [6, 6.07) is 3.45. The zero-order valence-electron chi connectivity index (χ0n) is 8.46. The first kappa shape index (κ1) is 10.8. The van der Waals surface area contributed by atoms with Gasteiger partial charge in [0.25, 0.3) is 0 Å². The van der Waals surface area contributed by atoms with Gasteiger partial charge in [-0.25, -0.2) is 0 Å². The molecule has 0 amide bonds. The number of phenolic OH excluding ortho intramolecular Hbond substituents is 1. The highest BCUT2D eigenvalue weighted by atomic mass is 79.9. The normalized spacial score (nSPS) is 17.5. The van der Waals surface area contributed by atoms with Gasteiger partial charge in [-0.1, -0.05) is 0 Å². The molecule has 1 fully saturated rings. The van der Waals surface area contributed by atoms with Crippen molar-refractivity contribution >= 4 is 15.9 Å². The van der Waals surface area contributed by atoms with E-state index in [0.717, 1.165) is 18.4 Å². The molecule has 1 aliphatic carbocycles. The van der Waals surface area contributed by atoms with E-state index >= 15 is 0 Å². The number of ether oxygens (including phenoxy) is 1. The van der Waals surface area contributed by atoms with Crippen LogP contribution in [0.3, 0.4) is 0 Å². The zero-order valence-corrected chi connectivity index (χ0v) is 10.0. The minimum absolute atomic E-state index is 0.0878. The van der Waals surface area contributed by atoms with Crippen LogP contribution >= 0.6 is 15.9 Å². The Bertz CT molecular complexity index is 386. The third kappa shape index (κ3) is 1.96. The number of rotatable bonds is 3. The van der Waals surface area contributed by atoms with Crippen molar-refractivity contribution in [3.05, 3.63) is 22.2 Å². The Labute approximate surface area is 96.8 Å². The molecule has 1 aromatic rings. The number of aromatic hydroxyl groups is 1. The second-order valence-electron chi connectivity index (χ2n) is 3.77. The van der Waals surface area contributed by atoms with Gasteiger partial charge < -0.3 is 14.9 Å². The molecular formula is C11H13BrO3. The molecule has 1 aromatic carbocycles. The summed E-state index contributed by atoms with van der Waals surface area (Å²) in [6.07, 6.45) is 1.55. The standard InChI is InChI=1S/C11H13BrO3/c1-2-15-9-6-7(11(14)3-4-11)5-8(12)10(9)13/h5-6,13-14H,2-4H2,1H3. The van der Waals surface area contributed by atoms with Crippen LogP contribution in [0.25, 0.3) is 0 Å². The van der Waals surface area contributed by atoms with Crippen LogP contribution in [0.5, 0.6) is 11.5 Å². The maximum Gasteiger partial charge on any atom is 0.172 e. The lowest BCUT2D eigenvalue weighted by molar-refractivity contribution is 0.150. The summed E-state index contributed by atoms with van der Waals surface area (Å²) in [7, 11) is 0. The smallest absolute Gasteiger partial charge is 0.172 e. The Morgan fingerprint density at radius 3 is 2.67 bits per heavy atom. The fourth-order valence-corrected chi connectivity index (χ4v) is 1.96. The van der Waals surface area contributed by atoms with E-state index in [1.807, 2.05) is 6.92 Å². The number of benzene rings is 1. The van der Waals surface area contributed by atoms with Crippen molar-refractivity contribution < 1.29 is 14.9 Å². The van der Waals surface area contributed by atoms with E-state index in [4.69, 9.17) is 4.74 Å². The van der Waals surface area contributed by atoms with Crippen molar-refractivity contribution in [2.45, 2.75) is 25.4 Å². The highest BCUT2D eigenvalue weighted by Gasteiger charge is 2.42. The second kappa shape index (κ2) is 3.68. The number of phenols is 1. The molecule has 2 rings (SSSR count). The van der Waals surface area contributed by atoms with Gasteiger partial charge in [0, 0.05) is 0 Å². The van der Waals surface area contributed by atoms with Crippen LogP contribution in [0.4, 0.5) is 0 Å². The van der Waals surface area contributed by atoms with E-state index in [2.05, 4.69) is 15.9 Å². The van der Waals surface area contributed by atoms with Gasteiger partial charge in [0.2, 0.25) is 0 Å². The average Bonchev–Trinajstić information content (AvgIpc) is 2.93. The Balaban J connectivity index is 2.41. The maximum absolute atomic E-state index is 9.95. The van der Waals surface area contributed by atoms with Gasteiger partial charge >= 0.3 is 0 Å². The van der Waals surface area contributed by atoms with Gasteiger partial charge in [0.15, 0.2) is 11.5 Å². The maximum atomic E-state index is 9.95.